The Morgan fingerprint density at radius 3 is 2.10 bits per heavy atom. The molecule has 0 aliphatic rings. The lowest BCUT2D eigenvalue weighted by molar-refractivity contribution is 0.302. The summed E-state index contributed by atoms with van der Waals surface area (Å²) < 4.78 is 0. The van der Waals surface area contributed by atoms with Crippen LogP contribution in [0.5, 0.6) is 0 Å². The van der Waals surface area contributed by atoms with Crippen LogP contribution in [0.25, 0.3) is 0 Å². The van der Waals surface area contributed by atoms with E-state index in [0.29, 0.717) is 0 Å². The molecule has 0 radical (unpaired) electrons. The largest absolute Gasteiger partial charge is 0.396 e. The van der Waals surface area contributed by atoms with Crippen molar-refractivity contribution in [2.75, 3.05) is 6.61 Å². The van der Waals surface area contributed by atoms with Gasteiger partial charge in [0.25, 0.3) is 0 Å². The van der Waals surface area contributed by atoms with Crippen LogP contribution in [0.15, 0.2) is 12.2 Å². The van der Waals surface area contributed by atoms with Gasteiger partial charge in [-0.2, -0.15) is 0 Å². The second-order valence-electron chi connectivity index (χ2n) is 1.54. The first-order valence-electron chi connectivity index (χ1n) is 2.96. The van der Waals surface area contributed by atoms with Crippen LogP contribution in [-0.4, -0.2) is 17.7 Å². The molecule has 0 saturated heterocycles. The first-order chi connectivity index (χ1) is 4.65. The fourth-order valence-electron chi connectivity index (χ4n) is 0.241. The molecule has 0 bridgehead atoms. The monoisotopic (exact) mass is 145 g/mol. The molecule has 6 N–H and O–H groups in total. The predicted molar refractivity (Wildman–Crippen MR) is 42.6 cm³/mol. The number of rotatable bonds is 2. The Hall–Kier alpha value is -1.03. The molecule has 0 aromatic heterocycles. The van der Waals surface area contributed by atoms with Gasteiger partial charge in [0, 0.05) is 6.61 Å². The van der Waals surface area contributed by atoms with E-state index in [1.807, 2.05) is 19.1 Å². The minimum absolute atomic E-state index is 0.268. The minimum Gasteiger partial charge on any atom is -0.396 e. The van der Waals surface area contributed by atoms with Crippen molar-refractivity contribution in [3.8, 4) is 0 Å². The number of hydrogen-bond donors (Lipinski definition) is 4. The standard InChI is InChI=1S/C5H10O.CH5N3/c1-2-3-4-5-6;2-1(3)4/h2-3,6H,4-5H2,1H3;(H5,2,3,4). The van der Waals surface area contributed by atoms with Gasteiger partial charge in [-0.3, -0.25) is 5.41 Å². The van der Waals surface area contributed by atoms with Crippen LogP contribution in [0.4, 0.5) is 0 Å². The summed E-state index contributed by atoms with van der Waals surface area (Å²) in [5, 5.41) is 14.2. The molecule has 10 heavy (non-hydrogen) atoms. The molecule has 4 nitrogen and oxygen atoms in total. The molecule has 0 aromatic carbocycles. The van der Waals surface area contributed by atoms with Crippen LogP contribution >= 0.6 is 0 Å². The van der Waals surface area contributed by atoms with E-state index >= 15 is 0 Å². The van der Waals surface area contributed by atoms with Crippen molar-refractivity contribution in [2.24, 2.45) is 11.5 Å². The first-order valence-corrected chi connectivity index (χ1v) is 2.96. The quantitative estimate of drug-likeness (QED) is 0.246. The van der Waals surface area contributed by atoms with E-state index in [9.17, 15) is 0 Å². The number of aliphatic hydroxyl groups is 1. The Balaban J connectivity index is 0. The third kappa shape index (κ3) is 64.0. The molecule has 0 aromatic rings. The van der Waals surface area contributed by atoms with Gasteiger partial charge in [0.05, 0.1) is 0 Å². The molecule has 0 amide bonds. The molecule has 0 heterocycles. The predicted octanol–water partition coefficient (Wildman–Crippen LogP) is -0.217. The van der Waals surface area contributed by atoms with Crippen molar-refractivity contribution in [2.45, 2.75) is 13.3 Å². The van der Waals surface area contributed by atoms with Crippen molar-refractivity contribution in [1.82, 2.24) is 0 Å². The minimum atomic E-state index is -0.333. The lowest BCUT2D eigenvalue weighted by Gasteiger charge is -1.76. The summed E-state index contributed by atoms with van der Waals surface area (Å²) in [4.78, 5) is 0. The van der Waals surface area contributed by atoms with E-state index in [1.165, 1.54) is 0 Å². The third-order valence-electron chi connectivity index (χ3n) is 0.531. The zero-order valence-corrected chi connectivity index (χ0v) is 6.17. The Kier molecular flexibility index (Phi) is 12.7. The SMILES string of the molecule is CC=CCCO.N=C(N)N. The van der Waals surface area contributed by atoms with Gasteiger partial charge in [-0.25, -0.2) is 0 Å². The van der Waals surface area contributed by atoms with Crippen LogP contribution in [-0.2, 0) is 0 Å². The van der Waals surface area contributed by atoms with Crippen LogP contribution in [0.3, 0.4) is 0 Å². The van der Waals surface area contributed by atoms with E-state index in [2.05, 4.69) is 11.5 Å². The molecular formula is C6H15N3O. The maximum Gasteiger partial charge on any atom is 0.183 e. The van der Waals surface area contributed by atoms with Gasteiger partial charge in [0.15, 0.2) is 5.96 Å². The lowest BCUT2D eigenvalue weighted by atomic mass is 10.4. The van der Waals surface area contributed by atoms with Crippen molar-refractivity contribution < 1.29 is 5.11 Å². The summed E-state index contributed by atoms with van der Waals surface area (Å²) in [5.74, 6) is -0.333. The van der Waals surface area contributed by atoms with Gasteiger partial charge in [-0.05, 0) is 13.3 Å². The molecule has 0 aliphatic carbocycles. The highest BCUT2D eigenvalue weighted by Crippen LogP contribution is 1.75. The van der Waals surface area contributed by atoms with Crippen LogP contribution in [0, 0.1) is 5.41 Å². The average Bonchev–Trinajstić information content (AvgIpc) is 1.82. The topological polar surface area (TPSA) is 96.1 Å². The second-order valence-corrected chi connectivity index (χ2v) is 1.54. The molecule has 0 saturated carbocycles. The highest BCUT2D eigenvalue weighted by atomic mass is 16.2. The summed E-state index contributed by atoms with van der Waals surface area (Å²) in [6.07, 6.45) is 4.65. The van der Waals surface area contributed by atoms with E-state index in [1.54, 1.807) is 0 Å². The fourth-order valence-corrected chi connectivity index (χ4v) is 0.241. The zero-order valence-electron chi connectivity index (χ0n) is 6.17. The fraction of sp³-hybridized carbons (Fsp3) is 0.500. The van der Waals surface area contributed by atoms with E-state index in [4.69, 9.17) is 10.5 Å². The number of guanidine groups is 1. The van der Waals surface area contributed by atoms with Crippen molar-refractivity contribution in [3.05, 3.63) is 12.2 Å². The summed E-state index contributed by atoms with van der Waals surface area (Å²) in [5.41, 5.74) is 8.94. The maximum absolute atomic E-state index is 8.15. The zero-order chi connectivity index (χ0) is 8.41. The number of allylic oxidation sites excluding steroid dienone is 1. The normalized spacial score (nSPS) is 8.60. The van der Waals surface area contributed by atoms with Crippen molar-refractivity contribution in [1.29, 1.82) is 5.41 Å². The summed E-state index contributed by atoms with van der Waals surface area (Å²) in [6, 6.07) is 0. The molecule has 60 valence electrons. The van der Waals surface area contributed by atoms with Crippen LogP contribution < -0.4 is 11.5 Å². The first kappa shape index (κ1) is 11.7. The van der Waals surface area contributed by atoms with Crippen molar-refractivity contribution in [3.63, 3.8) is 0 Å². The average molecular weight is 145 g/mol. The highest BCUT2D eigenvalue weighted by Gasteiger charge is 1.65. The number of nitrogens with one attached hydrogen (secondary N) is 1. The molecule has 4 heteroatoms. The number of nitrogens with two attached hydrogens (primary N) is 2. The Morgan fingerprint density at radius 2 is 2.00 bits per heavy atom. The Bertz CT molecular complexity index is 97.2. The van der Waals surface area contributed by atoms with Gasteiger partial charge in [-0.15, -0.1) is 0 Å². The molecule has 0 fully saturated rings. The highest BCUT2D eigenvalue weighted by molar-refractivity contribution is 5.71. The van der Waals surface area contributed by atoms with E-state index in [0.717, 1.165) is 6.42 Å². The number of aliphatic hydroxyl groups excluding tert-OH is 1. The summed E-state index contributed by atoms with van der Waals surface area (Å²) >= 11 is 0. The van der Waals surface area contributed by atoms with Crippen LogP contribution in [0.2, 0.25) is 0 Å². The van der Waals surface area contributed by atoms with E-state index < -0.39 is 0 Å². The molecule has 0 aliphatic heterocycles. The smallest absolute Gasteiger partial charge is 0.183 e. The van der Waals surface area contributed by atoms with Gasteiger partial charge >= 0.3 is 0 Å². The van der Waals surface area contributed by atoms with Gasteiger partial charge in [0.2, 0.25) is 0 Å². The van der Waals surface area contributed by atoms with Gasteiger partial charge in [-0.1, -0.05) is 12.2 Å². The molecule has 0 unspecified atom stereocenters. The van der Waals surface area contributed by atoms with E-state index in [-0.39, 0.29) is 12.6 Å². The summed E-state index contributed by atoms with van der Waals surface area (Å²) in [7, 11) is 0. The molecule has 0 spiro atoms. The van der Waals surface area contributed by atoms with Gasteiger partial charge < -0.3 is 16.6 Å². The lowest BCUT2D eigenvalue weighted by Crippen LogP contribution is -2.20. The number of hydrogen-bond acceptors (Lipinski definition) is 2. The third-order valence-corrected chi connectivity index (χ3v) is 0.531. The van der Waals surface area contributed by atoms with Crippen molar-refractivity contribution >= 4 is 5.96 Å². The maximum atomic E-state index is 8.15. The Morgan fingerprint density at radius 1 is 1.60 bits per heavy atom. The Labute approximate surface area is 61.0 Å². The van der Waals surface area contributed by atoms with Crippen LogP contribution in [0.1, 0.15) is 13.3 Å². The molecule has 0 atom stereocenters. The molecular weight excluding hydrogens is 130 g/mol. The van der Waals surface area contributed by atoms with Gasteiger partial charge in [0.1, 0.15) is 0 Å². The summed E-state index contributed by atoms with van der Waals surface area (Å²) in [6.45, 7) is 2.21. The molecule has 0 rings (SSSR count). The second kappa shape index (κ2) is 10.9.